The summed E-state index contributed by atoms with van der Waals surface area (Å²) in [6.07, 6.45) is 4.47. The molecule has 0 saturated carbocycles. The molecule has 1 aromatic heterocycles. The second-order valence-electron chi connectivity index (χ2n) is 5.35. The maximum atomic E-state index is 9.67. The molecule has 112 valence electrons. The summed E-state index contributed by atoms with van der Waals surface area (Å²) < 4.78 is 0.934. The highest BCUT2D eigenvalue weighted by atomic mass is 79.9. The predicted octanol–water partition coefficient (Wildman–Crippen LogP) is 2.66. The largest absolute Gasteiger partial charge is 0.393 e. The molecule has 1 aliphatic rings. The van der Waals surface area contributed by atoms with Crippen molar-refractivity contribution < 1.29 is 5.11 Å². The number of aliphatic hydroxyl groups excluding tert-OH is 1. The number of aliphatic hydroxyl groups is 1. The zero-order valence-electron chi connectivity index (χ0n) is 12.1. The van der Waals surface area contributed by atoms with Crippen LogP contribution < -0.4 is 10.2 Å². The van der Waals surface area contributed by atoms with Crippen LogP contribution in [0.1, 0.15) is 33.1 Å². The van der Waals surface area contributed by atoms with E-state index in [4.69, 9.17) is 0 Å². The molecule has 1 aliphatic heterocycles. The van der Waals surface area contributed by atoms with Crippen LogP contribution in [-0.4, -0.2) is 40.8 Å². The van der Waals surface area contributed by atoms with Gasteiger partial charge in [-0.3, -0.25) is 0 Å². The summed E-state index contributed by atoms with van der Waals surface area (Å²) in [5, 5.41) is 13.0. The molecule has 0 aromatic carbocycles. The lowest BCUT2D eigenvalue weighted by atomic mass is 9.92. The lowest BCUT2D eigenvalue weighted by Crippen LogP contribution is -2.37. The van der Waals surface area contributed by atoms with Crippen molar-refractivity contribution in [3.8, 4) is 0 Å². The van der Waals surface area contributed by atoms with E-state index in [1.54, 1.807) is 6.33 Å². The second kappa shape index (κ2) is 7.22. The maximum absolute atomic E-state index is 9.67. The minimum absolute atomic E-state index is 0.215. The van der Waals surface area contributed by atoms with E-state index < -0.39 is 0 Å². The Morgan fingerprint density at radius 1 is 1.45 bits per heavy atom. The molecule has 0 spiro atoms. The molecule has 1 saturated heterocycles. The highest BCUT2D eigenvalue weighted by molar-refractivity contribution is 9.10. The van der Waals surface area contributed by atoms with Crippen molar-refractivity contribution in [2.45, 2.75) is 39.2 Å². The Morgan fingerprint density at radius 2 is 2.15 bits per heavy atom. The van der Waals surface area contributed by atoms with Gasteiger partial charge in [-0.1, -0.05) is 6.92 Å². The van der Waals surface area contributed by atoms with Crippen molar-refractivity contribution in [3.63, 3.8) is 0 Å². The lowest BCUT2D eigenvalue weighted by Gasteiger charge is -2.34. The Morgan fingerprint density at radius 3 is 2.75 bits per heavy atom. The first-order valence-electron chi connectivity index (χ1n) is 7.30. The maximum Gasteiger partial charge on any atom is 0.148 e. The monoisotopic (exact) mass is 342 g/mol. The van der Waals surface area contributed by atoms with E-state index in [-0.39, 0.29) is 6.10 Å². The van der Waals surface area contributed by atoms with Crippen LogP contribution in [0.2, 0.25) is 0 Å². The van der Waals surface area contributed by atoms with E-state index in [0.717, 1.165) is 55.0 Å². The molecule has 1 fully saturated rings. The van der Waals surface area contributed by atoms with Gasteiger partial charge in [0.15, 0.2) is 0 Å². The molecule has 2 N–H and O–H groups in total. The smallest absolute Gasteiger partial charge is 0.148 e. The summed E-state index contributed by atoms with van der Waals surface area (Å²) in [4.78, 5) is 11.0. The number of nitrogens with one attached hydrogen (secondary N) is 1. The fraction of sp³-hybridized carbons (Fsp3) is 0.714. The van der Waals surface area contributed by atoms with Crippen molar-refractivity contribution in [3.05, 3.63) is 10.8 Å². The fourth-order valence-electron chi connectivity index (χ4n) is 2.54. The van der Waals surface area contributed by atoms with Crippen molar-refractivity contribution in [2.24, 2.45) is 5.92 Å². The minimum Gasteiger partial charge on any atom is -0.393 e. The van der Waals surface area contributed by atoms with Crippen LogP contribution in [0, 0.1) is 5.92 Å². The summed E-state index contributed by atoms with van der Waals surface area (Å²) >= 11 is 3.61. The third-order valence-electron chi connectivity index (χ3n) is 3.83. The van der Waals surface area contributed by atoms with Gasteiger partial charge in [0.25, 0.3) is 0 Å². The fourth-order valence-corrected chi connectivity index (χ4v) is 3.14. The van der Waals surface area contributed by atoms with Gasteiger partial charge < -0.3 is 15.3 Å². The van der Waals surface area contributed by atoms with E-state index in [2.05, 4.69) is 43.0 Å². The highest BCUT2D eigenvalue weighted by Gasteiger charge is 2.25. The van der Waals surface area contributed by atoms with Crippen LogP contribution in [0.5, 0.6) is 0 Å². The van der Waals surface area contributed by atoms with Crippen molar-refractivity contribution in [1.29, 1.82) is 0 Å². The molecule has 0 aliphatic carbocycles. The number of aromatic nitrogens is 2. The molecule has 2 heterocycles. The number of anilines is 2. The third-order valence-corrected chi connectivity index (χ3v) is 4.57. The molecule has 2 rings (SSSR count). The zero-order chi connectivity index (χ0) is 14.5. The number of hydrogen-bond donors (Lipinski definition) is 2. The summed E-state index contributed by atoms with van der Waals surface area (Å²) in [6.45, 7) is 6.77. The van der Waals surface area contributed by atoms with Crippen LogP contribution in [0.25, 0.3) is 0 Å². The van der Waals surface area contributed by atoms with Crippen molar-refractivity contribution >= 4 is 27.6 Å². The van der Waals surface area contributed by atoms with Gasteiger partial charge in [0.2, 0.25) is 0 Å². The molecule has 20 heavy (non-hydrogen) atoms. The first-order valence-corrected chi connectivity index (χ1v) is 8.10. The normalized spacial score (nSPS) is 18.1. The zero-order valence-corrected chi connectivity index (χ0v) is 13.7. The average Bonchev–Trinajstić information content (AvgIpc) is 2.46. The molecule has 1 unspecified atom stereocenters. The second-order valence-corrected chi connectivity index (χ2v) is 6.14. The van der Waals surface area contributed by atoms with Gasteiger partial charge in [0.1, 0.15) is 22.4 Å². The predicted molar refractivity (Wildman–Crippen MR) is 85.1 cm³/mol. The highest BCUT2D eigenvalue weighted by Crippen LogP contribution is 2.32. The van der Waals surface area contributed by atoms with E-state index in [0.29, 0.717) is 5.92 Å². The van der Waals surface area contributed by atoms with Crippen LogP contribution in [-0.2, 0) is 0 Å². The Hall–Kier alpha value is -0.880. The third kappa shape index (κ3) is 3.61. The van der Waals surface area contributed by atoms with E-state index in [9.17, 15) is 5.11 Å². The van der Waals surface area contributed by atoms with Crippen LogP contribution in [0.15, 0.2) is 10.8 Å². The molecule has 1 aromatic rings. The van der Waals surface area contributed by atoms with Gasteiger partial charge in [-0.15, -0.1) is 0 Å². The minimum atomic E-state index is -0.215. The van der Waals surface area contributed by atoms with Crippen LogP contribution in [0.3, 0.4) is 0 Å². The van der Waals surface area contributed by atoms with Gasteiger partial charge >= 0.3 is 0 Å². The average molecular weight is 343 g/mol. The molecular formula is C14H23BrN4O. The first-order chi connectivity index (χ1) is 9.63. The van der Waals surface area contributed by atoms with Gasteiger partial charge in [-0.25, -0.2) is 9.97 Å². The Labute approximate surface area is 128 Å². The number of halogens is 1. The number of piperidine rings is 1. The van der Waals surface area contributed by atoms with E-state index in [1.807, 2.05) is 6.92 Å². The molecule has 0 radical (unpaired) electrons. The summed E-state index contributed by atoms with van der Waals surface area (Å²) in [5.41, 5.74) is 0. The van der Waals surface area contributed by atoms with Crippen molar-refractivity contribution in [2.75, 3.05) is 29.9 Å². The molecule has 0 bridgehead atoms. The van der Waals surface area contributed by atoms with Gasteiger partial charge in [0.05, 0.1) is 6.10 Å². The standard InChI is InChI=1S/C14H23BrN4O/c1-3-6-16-13-12(15)14(18-9-17-13)19-7-4-11(5-8-19)10(2)20/h9-11,20H,3-8H2,1-2H3,(H,16,17,18). The molecule has 5 nitrogen and oxygen atoms in total. The van der Waals surface area contributed by atoms with Crippen molar-refractivity contribution in [1.82, 2.24) is 9.97 Å². The van der Waals surface area contributed by atoms with E-state index >= 15 is 0 Å². The molecule has 1 atom stereocenters. The molecule has 0 amide bonds. The Kier molecular flexibility index (Phi) is 5.60. The number of rotatable bonds is 5. The first kappa shape index (κ1) is 15.5. The topological polar surface area (TPSA) is 61.3 Å². The van der Waals surface area contributed by atoms with Gasteiger partial charge in [0, 0.05) is 19.6 Å². The van der Waals surface area contributed by atoms with Gasteiger partial charge in [-0.2, -0.15) is 0 Å². The summed E-state index contributed by atoms with van der Waals surface area (Å²) in [5.74, 6) is 2.21. The SMILES string of the molecule is CCCNc1ncnc(N2CCC(C(C)O)CC2)c1Br. The quantitative estimate of drug-likeness (QED) is 0.861. The van der Waals surface area contributed by atoms with E-state index in [1.165, 1.54) is 0 Å². The Bertz CT molecular complexity index is 433. The van der Waals surface area contributed by atoms with Gasteiger partial charge in [-0.05, 0) is 48.0 Å². The summed E-state index contributed by atoms with van der Waals surface area (Å²) in [6, 6.07) is 0. The summed E-state index contributed by atoms with van der Waals surface area (Å²) in [7, 11) is 0. The number of hydrogen-bond acceptors (Lipinski definition) is 5. The van der Waals surface area contributed by atoms with Crippen LogP contribution >= 0.6 is 15.9 Å². The van der Waals surface area contributed by atoms with Crippen LogP contribution in [0.4, 0.5) is 11.6 Å². The number of nitrogens with zero attached hydrogens (tertiary/aromatic N) is 3. The lowest BCUT2D eigenvalue weighted by molar-refractivity contribution is 0.109. The molecular weight excluding hydrogens is 320 g/mol. The molecule has 6 heteroatoms. The Balaban J connectivity index is 2.06.